The molecule has 5 heteroatoms. The van der Waals surface area contributed by atoms with Gasteiger partial charge >= 0.3 is 0 Å². The van der Waals surface area contributed by atoms with Crippen molar-refractivity contribution in [1.29, 1.82) is 0 Å². The Morgan fingerprint density at radius 3 is 2.95 bits per heavy atom. The number of carbonyl (C=O) groups excluding carboxylic acids is 1. The van der Waals surface area contributed by atoms with Gasteiger partial charge in [0.2, 0.25) is 0 Å². The van der Waals surface area contributed by atoms with Crippen LogP contribution in [0.2, 0.25) is 0 Å². The smallest absolute Gasteiger partial charge is 0.254 e. The first kappa shape index (κ1) is 14.1. The second-order valence-corrected chi connectivity index (χ2v) is 6.40. The van der Waals surface area contributed by atoms with Crippen LogP contribution in [0.5, 0.6) is 0 Å². The lowest BCUT2D eigenvalue weighted by atomic mass is 9.99. The highest BCUT2D eigenvalue weighted by Gasteiger charge is 2.29. The number of carbonyl (C=O) groups is 1. The maximum atomic E-state index is 12.8. The molecule has 4 nitrogen and oxygen atoms in total. The van der Waals surface area contributed by atoms with Gasteiger partial charge in [0.05, 0.1) is 6.04 Å². The lowest BCUT2D eigenvalue weighted by molar-refractivity contribution is 0.0678. The van der Waals surface area contributed by atoms with Crippen molar-refractivity contribution in [3.05, 3.63) is 51.2 Å². The Morgan fingerprint density at radius 2 is 2.24 bits per heavy atom. The van der Waals surface area contributed by atoms with E-state index in [1.54, 1.807) is 11.3 Å². The number of nitrogens with zero attached hydrogens (tertiary/aromatic N) is 1. The highest BCUT2D eigenvalue weighted by Crippen LogP contribution is 2.34. The predicted octanol–water partition coefficient (Wildman–Crippen LogP) is 3.10. The topological polar surface area (TPSA) is 58.4 Å². The molecular weight excluding hydrogens is 282 g/mol. The molecule has 1 aromatic carbocycles. The maximum Gasteiger partial charge on any atom is 0.254 e. The summed E-state index contributed by atoms with van der Waals surface area (Å²) in [5.41, 5.74) is 6.41. The van der Waals surface area contributed by atoms with Crippen LogP contribution in [0, 0.1) is 6.92 Å². The van der Waals surface area contributed by atoms with Crippen molar-refractivity contribution in [3.63, 3.8) is 0 Å². The predicted molar refractivity (Wildman–Crippen MR) is 86.5 cm³/mol. The van der Waals surface area contributed by atoms with Crippen LogP contribution in [0.3, 0.4) is 0 Å². The molecule has 21 heavy (non-hydrogen) atoms. The number of amides is 1. The lowest BCUT2D eigenvalue weighted by Crippen LogP contribution is -2.38. The molecule has 3 rings (SSSR count). The van der Waals surface area contributed by atoms with Gasteiger partial charge in [0.25, 0.3) is 5.91 Å². The molecule has 0 aliphatic carbocycles. The molecule has 0 saturated carbocycles. The Hall–Kier alpha value is -1.85. The van der Waals surface area contributed by atoms with Crippen molar-refractivity contribution in [2.45, 2.75) is 26.3 Å². The van der Waals surface area contributed by atoms with Gasteiger partial charge in [-0.25, -0.2) is 0 Å². The van der Waals surface area contributed by atoms with Gasteiger partial charge in [0.15, 0.2) is 0 Å². The number of thiophene rings is 1. The van der Waals surface area contributed by atoms with Gasteiger partial charge in [-0.3, -0.25) is 10.6 Å². The number of nitrogens with one attached hydrogen (secondary N) is 1. The van der Waals surface area contributed by atoms with Crippen molar-refractivity contribution in [1.82, 2.24) is 4.90 Å². The number of hydrogen-bond acceptors (Lipinski definition) is 4. The fraction of sp³-hybridized carbons (Fsp3) is 0.312. The number of benzene rings is 1. The summed E-state index contributed by atoms with van der Waals surface area (Å²) >= 11 is 1.79. The van der Waals surface area contributed by atoms with Crippen LogP contribution >= 0.6 is 11.3 Å². The number of hydrogen-bond donors (Lipinski definition) is 2. The summed E-state index contributed by atoms with van der Waals surface area (Å²) in [6.45, 7) is 4.83. The van der Waals surface area contributed by atoms with E-state index in [1.165, 1.54) is 10.4 Å². The molecule has 0 spiro atoms. The summed E-state index contributed by atoms with van der Waals surface area (Å²) in [6.07, 6.45) is 0.949. The van der Waals surface area contributed by atoms with Crippen LogP contribution in [-0.2, 0) is 6.42 Å². The zero-order valence-corrected chi connectivity index (χ0v) is 13.0. The molecule has 1 amide bonds. The fourth-order valence-corrected chi connectivity index (χ4v) is 3.90. The number of nitrogen functional groups attached to an aromatic ring is 1. The summed E-state index contributed by atoms with van der Waals surface area (Å²) in [4.78, 5) is 16.2. The summed E-state index contributed by atoms with van der Waals surface area (Å²) in [5.74, 6) is 5.50. The zero-order chi connectivity index (χ0) is 15.0. The van der Waals surface area contributed by atoms with Gasteiger partial charge in [-0.15, -0.1) is 11.3 Å². The molecule has 110 valence electrons. The molecule has 1 aliphatic heterocycles. The Balaban J connectivity index is 1.89. The third-order valence-corrected chi connectivity index (χ3v) is 5.16. The third-order valence-electron chi connectivity index (χ3n) is 4.16. The normalized spacial score (nSPS) is 17.5. The minimum Gasteiger partial charge on any atom is -0.331 e. The summed E-state index contributed by atoms with van der Waals surface area (Å²) in [6, 6.07) is 7.86. The quantitative estimate of drug-likeness (QED) is 0.662. The fourth-order valence-electron chi connectivity index (χ4n) is 2.94. The first-order chi connectivity index (χ1) is 10.1. The van der Waals surface area contributed by atoms with Gasteiger partial charge in [0.1, 0.15) is 0 Å². The van der Waals surface area contributed by atoms with E-state index in [2.05, 4.69) is 23.8 Å². The van der Waals surface area contributed by atoms with Gasteiger partial charge in [-0.1, -0.05) is 0 Å². The van der Waals surface area contributed by atoms with Gasteiger partial charge in [-0.05, 0) is 61.0 Å². The standard InChI is InChI=1S/C16H19N3OS/c1-10-9-12(18-17)3-4-13(10)16(20)19-7-5-15-14(11(19)2)6-8-21-15/h3-4,6,8-9,11,18H,5,7,17H2,1-2H3. The van der Waals surface area contributed by atoms with Crippen molar-refractivity contribution in [2.75, 3.05) is 12.0 Å². The molecule has 1 aliphatic rings. The molecule has 3 N–H and O–H groups in total. The van der Waals surface area contributed by atoms with E-state index in [0.29, 0.717) is 0 Å². The number of aryl methyl sites for hydroxylation is 1. The molecule has 2 heterocycles. The minimum absolute atomic E-state index is 0.0976. The van der Waals surface area contributed by atoms with Gasteiger partial charge in [0, 0.05) is 22.7 Å². The highest BCUT2D eigenvalue weighted by atomic mass is 32.1. The SMILES string of the molecule is Cc1cc(NN)ccc1C(=O)N1CCc2sccc2C1C. The van der Waals surface area contributed by atoms with Crippen molar-refractivity contribution in [2.24, 2.45) is 5.84 Å². The van der Waals surface area contributed by atoms with Crippen molar-refractivity contribution < 1.29 is 4.79 Å². The molecule has 0 radical (unpaired) electrons. The molecule has 0 fully saturated rings. The van der Waals surface area contributed by atoms with E-state index < -0.39 is 0 Å². The maximum absolute atomic E-state index is 12.8. The second kappa shape index (κ2) is 5.50. The molecule has 0 saturated heterocycles. The first-order valence-electron chi connectivity index (χ1n) is 7.06. The van der Waals surface area contributed by atoms with E-state index in [-0.39, 0.29) is 11.9 Å². The Kier molecular flexibility index (Phi) is 3.69. The van der Waals surface area contributed by atoms with Crippen molar-refractivity contribution in [3.8, 4) is 0 Å². The van der Waals surface area contributed by atoms with Crippen LogP contribution in [0.25, 0.3) is 0 Å². The van der Waals surface area contributed by atoms with Crippen LogP contribution in [0.1, 0.15) is 39.3 Å². The molecule has 1 atom stereocenters. The van der Waals surface area contributed by atoms with E-state index in [0.717, 1.165) is 29.8 Å². The van der Waals surface area contributed by atoms with Gasteiger partial charge < -0.3 is 10.3 Å². The van der Waals surface area contributed by atoms with Crippen LogP contribution in [0.4, 0.5) is 5.69 Å². The van der Waals surface area contributed by atoms with E-state index >= 15 is 0 Å². The monoisotopic (exact) mass is 301 g/mol. The minimum atomic E-state index is 0.0976. The number of anilines is 1. The zero-order valence-electron chi connectivity index (χ0n) is 12.2. The molecule has 1 unspecified atom stereocenters. The van der Waals surface area contributed by atoms with Gasteiger partial charge in [-0.2, -0.15) is 0 Å². The first-order valence-corrected chi connectivity index (χ1v) is 7.94. The third kappa shape index (κ3) is 2.43. The summed E-state index contributed by atoms with van der Waals surface area (Å²) in [5, 5.41) is 2.11. The van der Waals surface area contributed by atoms with Crippen molar-refractivity contribution >= 4 is 22.9 Å². The van der Waals surface area contributed by atoms with Crippen LogP contribution in [0.15, 0.2) is 29.6 Å². The molecule has 1 aromatic heterocycles. The Bertz CT molecular complexity index is 680. The summed E-state index contributed by atoms with van der Waals surface area (Å²) in [7, 11) is 0. The highest BCUT2D eigenvalue weighted by molar-refractivity contribution is 7.10. The number of rotatable bonds is 2. The number of hydrazine groups is 1. The number of nitrogens with two attached hydrogens (primary N) is 1. The van der Waals surface area contributed by atoms with Crippen LogP contribution in [-0.4, -0.2) is 17.4 Å². The average Bonchev–Trinajstić information content (AvgIpc) is 2.96. The van der Waals surface area contributed by atoms with E-state index in [9.17, 15) is 4.79 Å². The molecular formula is C16H19N3OS. The number of fused-ring (bicyclic) bond motifs is 1. The van der Waals surface area contributed by atoms with Crippen LogP contribution < -0.4 is 11.3 Å². The second-order valence-electron chi connectivity index (χ2n) is 5.40. The largest absolute Gasteiger partial charge is 0.331 e. The Labute approximate surface area is 128 Å². The lowest BCUT2D eigenvalue weighted by Gasteiger charge is -2.34. The summed E-state index contributed by atoms with van der Waals surface area (Å²) < 4.78 is 0. The Morgan fingerprint density at radius 1 is 1.43 bits per heavy atom. The average molecular weight is 301 g/mol. The van der Waals surface area contributed by atoms with E-state index in [1.807, 2.05) is 30.0 Å². The molecule has 2 aromatic rings. The van der Waals surface area contributed by atoms with E-state index in [4.69, 9.17) is 5.84 Å². The molecule has 0 bridgehead atoms.